The summed E-state index contributed by atoms with van der Waals surface area (Å²) in [6.07, 6.45) is -1.21. The van der Waals surface area contributed by atoms with E-state index in [1.54, 1.807) is 29.2 Å². The van der Waals surface area contributed by atoms with Crippen molar-refractivity contribution in [2.24, 2.45) is 0 Å². The molecule has 6 heteroatoms. The average molecular weight is 499 g/mol. The van der Waals surface area contributed by atoms with Gasteiger partial charge in [0.1, 0.15) is 5.76 Å². The molecule has 4 aromatic rings. The number of hydrogen-bond acceptors (Lipinski definition) is 5. The fourth-order valence-electron chi connectivity index (χ4n) is 4.88. The lowest BCUT2D eigenvalue weighted by Crippen LogP contribution is -2.42. The monoisotopic (exact) mass is 498 g/mol. The van der Waals surface area contributed by atoms with E-state index in [0.717, 1.165) is 22.0 Å². The van der Waals surface area contributed by atoms with Crippen LogP contribution >= 0.6 is 11.6 Å². The molecule has 3 N–H and O–H groups in total. The third-order valence-corrected chi connectivity index (χ3v) is 6.95. The van der Waals surface area contributed by atoms with Gasteiger partial charge in [-0.1, -0.05) is 72.3 Å². The molecule has 0 saturated carbocycles. The van der Waals surface area contributed by atoms with Gasteiger partial charge in [-0.2, -0.15) is 0 Å². The first-order chi connectivity index (χ1) is 17.5. The van der Waals surface area contributed by atoms with Gasteiger partial charge in [0.15, 0.2) is 12.0 Å². The number of para-hydroxylation sites is 1. The fraction of sp³-hybridized carbons (Fsp3) is 0.167. The molecule has 4 aromatic carbocycles. The van der Waals surface area contributed by atoms with Crippen molar-refractivity contribution in [3.8, 4) is 0 Å². The molecule has 36 heavy (non-hydrogen) atoms. The first-order valence-electron chi connectivity index (χ1n) is 12.0. The predicted molar refractivity (Wildman–Crippen MR) is 146 cm³/mol. The van der Waals surface area contributed by atoms with Crippen LogP contribution in [0.5, 0.6) is 0 Å². The molecule has 0 saturated heterocycles. The van der Waals surface area contributed by atoms with Crippen molar-refractivity contribution >= 4 is 45.3 Å². The minimum absolute atomic E-state index is 0.00855. The van der Waals surface area contributed by atoms with Gasteiger partial charge in [-0.3, -0.25) is 4.79 Å². The number of anilines is 2. The number of aliphatic hydroxyl groups is 2. The van der Waals surface area contributed by atoms with Crippen LogP contribution in [0, 0.1) is 0 Å². The molecule has 1 aliphatic heterocycles. The second-order valence-electron chi connectivity index (χ2n) is 8.84. The summed E-state index contributed by atoms with van der Waals surface area (Å²) in [5.74, 6) is -0.506. The largest absolute Gasteiger partial charge is 0.507 e. The summed E-state index contributed by atoms with van der Waals surface area (Å²) in [6.45, 7) is 2.39. The number of carbonyl (C=O) groups is 1. The van der Waals surface area contributed by atoms with E-state index in [1.807, 2.05) is 73.7 Å². The first-order valence-corrected chi connectivity index (χ1v) is 12.4. The standard InChI is InChI=1S/C30H27ClN2O3/c1-2-33-26-13-6-5-11-23(26)29(35)28(30(33)36)27(34)18-25(20-14-16-21(31)17-15-20)32-24-12-7-9-19-8-3-4-10-22(19)24/h3-17,25,30,32,35-36H,2,18H2,1H3. The lowest BCUT2D eigenvalue weighted by molar-refractivity contribution is -0.116. The Labute approximate surface area is 215 Å². The van der Waals surface area contributed by atoms with Crippen LogP contribution in [0.3, 0.4) is 0 Å². The van der Waals surface area contributed by atoms with Gasteiger partial charge >= 0.3 is 0 Å². The molecule has 0 fully saturated rings. The Hall–Kier alpha value is -3.80. The minimum Gasteiger partial charge on any atom is -0.507 e. The maximum absolute atomic E-state index is 13.7. The van der Waals surface area contributed by atoms with E-state index in [4.69, 9.17) is 11.6 Å². The Morgan fingerprint density at radius 3 is 2.44 bits per heavy atom. The van der Waals surface area contributed by atoms with Gasteiger partial charge < -0.3 is 20.4 Å². The highest BCUT2D eigenvalue weighted by Gasteiger charge is 2.35. The van der Waals surface area contributed by atoms with Gasteiger partial charge in [-0.05, 0) is 48.2 Å². The second-order valence-corrected chi connectivity index (χ2v) is 9.28. The van der Waals surface area contributed by atoms with Crippen molar-refractivity contribution in [3.05, 3.63) is 113 Å². The van der Waals surface area contributed by atoms with Gasteiger partial charge in [0, 0.05) is 40.3 Å². The molecule has 0 aromatic heterocycles. The summed E-state index contributed by atoms with van der Waals surface area (Å²) in [4.78, 5) is 15.4. The molecule has 0 radical (unpaired) electrons. The number of carbonyl (C=O) groups excluding carboxylic acids is 1. The van der Waals surface area contributed by atoms with E-state index >= 15 is 0 Å². The Bertz CT molecular complexity index is 1440. The summed E-state index contributed by atoms with van der Waals surface area (Å²) in [7, 11) is 0. The smallest absolute Gasteiger partial charge is 0.169 e. The molecule has 0 spiro atoms. The molecule has 5 rings (SSSR count). The quantitative estimate of drug-likeness (QED) is 0.263. The molecule has 0 bridgehead atoms. The molecule has 1 heterocycles. The van der Waals surface area contributed by atoms with E-state index in [2.05, 4.69) is 5.32 Å². The number of nitrogens with one attached hydrogen (secondary N) is 1. The zero-order valence-corrected chi connectivity index (χ0v) is 20.6. The SMILES string of the molecule is CCN1c2ccccc2C(O)=C(C(=O)CC(Nc2cccc3ccccc23)c2ccc(Cl)cc2)C1O. The fourth-order valence-corrected chi connectivity index (χ4v) is 5.01. The number of rotatable bonds is 7. The van der Waals surface area contributed by atoms with Crippen molar-refractivity contribution in [1.82, 2.24) is 0 Å². The molecule has 0 aliphatic carbocycles. The topological polar surface area (TPSA) is 72.8 Å². The Balaban J connectivity index is 1.53. The van der Waals surface area contributed by atoms with Gasteiger partial charge in [0.05, 0.1) is 11.6 Å². The normalized spacial score (nSPS) is 16.1. The zero-order valence-electron chi connectivity index (χ0n) is 19.9. The highest BCUT2D eigenvalue weighted by Crippen LogP contribution is 2.38. The Morgan fingerprint density at radius 2 is 1.67 bits per heavy atom. The van der Waals surface area contributed by atoms with Gasteiger partial charge in [0.2, 0.25) is 0 Å². The molecule has 2 unspecified atom stereocenters. The van der Waals surface area contributed by atoms with Crippen molar-refractivity contribution in [2.45, 2.75) is 25.6 Å². The number of hydrogen-bond donors (Lipinski definition) is 3. The highest BCUT2D eigenvalue weighted by atomic mass is 35.5. The van der Waals surface area contributed by atoms with Crippen LogP contribution < -0.4 is 10.2 Å². The maximum Gasteiger partial charge on any atom is 0.169 e. The average Bonchev–Trinajstić information content (AvgIpc) is 2.89. The van der Waals surface area contributed by atoms with E-state index in [9.17, 15) is 15.0 Å². The Kier molecular flexibility index (Phi) is 6.68. The Morgan fingerprint density at radius 1 is 0.972 bits per heavy atom. The summed E-state index contributed by atoms with van der Waals surface area (Å²) in [5, 5.41) is 28.4. The number of Topliss-reactive ketones (excluding diaryl/α,β-unsaturated/α-hetero) is 1. The lowest BCUT2D eigenvalue weighted by Gasteiger charge is -2.36. The maximum atomic E-state index is 13.7. The third-order valence-electron chi connectivity index (χ3n) is 6.70. The summed E-state index contributed by atoms with van der Waals surface area (Å²) < 4.78 is 0. The molecule has 0 amide bonds. The molecule has 2 atom stereocenters. The molecular formula is C30H27ClN2O3. The number of benzene rings is 4. The number of aliphatic hydroxyl groups excluding tert-OH is 2. The van der Waals surface area contributed by atoms with E-state index < -0.39 is 12.3 Å². The second kappa shape index (κ2) is 10.1. The predicted octanol–water partition coefficient (Wildman–Crippen LogP) is 6.73. The summed E-state index contributed by atoms with van der Waals surface area (Å²) in [5.41, 5.74) is 3.01. The van der Waals surface area contributed by atoms with Crippen molar-refractivity contribution in [2.75, 3.05) is 16.8 Å². The molecule has 5 nitrogen and oxygen atoms in total. The van der Waals surface area contributed by atoms with Crippen LogP contribution in [-0.2, 0) is 4.79 Å². The minimum atomic E-state index is -1.24. The molecule has 1 aliphatic rings. The van der Waals surface area contributed by atoms with Crippen molar-refractivity contribution < 1.29 is 15.0 Å². The van der Waals surface area contributed by atoms with Crippen LogP contribution in [0.15, 0.2) is 96.6 Å². The highest BCUT2D eigenvalue weighted by molar-refractivity contribution is 6.30. The van der Waals surface area contributed by atoms with E-state index in [0.29, 0.717) is 22.8 Å². The summed E-state index contributed by atoms with van der Waals surface area (Å²) >= 11 is 6.13. The zero-order chi connectivity index (χ0) is 25.2. The molecule has 182 valence electrons. The summed E-state index contributed by atoms with van der Waals surface area (Å²) in [6, 6.07) is 28.2. The van der Waals surface area contributed by atoms with Crippen molar-refractivity contribution in [1.29, 1.82) is 0 Å². The van der Waals surface area contributed by atoms with Gasteiger partial charge in [0.25, 0.3) is 0 Å². The van der Waals surface area contributed by atoms with Crippen LogP contribution in [0.1, 0.15) is 30.5 Å². The van der Waals surface area contributed by atoms with Crippen molar-refractivity contribution in [3.63, 3.8) is 0 Å². The number of ketones is 1. The number of halogens is 1. The third kappa shape index (κ3) is 4.43. The number of likely N-dealkylation sites (N-methyl/N-ethyl adjacent to an activating group) is 1. The number of nitrogens with zero attached hydrogens (tertiary/aromatic N) is 1. The lowest BCUT2D eigenvalue weighted by atomic mass is 9.91. The van der Waals surface area contributed by atoms with Crippen LogP contribution in [-0.4, -0.2) is 28.8 Å². The molecular weight excluding hydrogens is 472 g/mol. The number of fused-ring (bicyclic) bond motifs is 2. The van der Waals surface area contributed by atoms with E-state index in [1.165, 1.54) is 0 Å². The van der Waals surface area contributed by atoms with E-state index in [-0.39, 0.29) is 23.5 Å². The van der Waals surface area contributed by atoms with Gasteiger partial charge in [-0.15, -0.1) is 0 Å². The van der Waals surface area contributed by atoms with Crippen LogP contribution in [0.25, 0.3) is 16.5 Å². The van der Waals surface area contributed by atoms with Crippen LogP contribution in [0.2, 0.25) is 5.02 Å². The first kappa shape index (κ1) is 23.9. The van der Waals surface area contributed by atoms with Crippen LogP contribution in [0.4, 0.5) is 11.4 Å². The van der Waals surface area contributed by atoms with Gasteiger partial charge in [-0.25, -0.2) is 0 Å².